The van der Waals surface area contributed by atoms with Crippen molar-refractivity contribution in [3.05, 3.63) is 64.4 Å². The SMILES string of the molecule is CCOC(=O)[C@H](NC(=O)Cc1ccc(C)nc1)c1ccc(Cl)cc1. The lowest BCUT2D eigenvalue weighted by atomic mass is 10.1. The largest absolute Gasteiger partial charge is 0.464 e. The van der Waals surface area contributed by atoms with Crippen molar-refractivity contribution in [2.75, 3.05) is 6.61 Å². The van der Waals surface area contributed by atoms with Crippen LogP contribution in [0.4, 0.5) is 0 Å². The minimum absolute atomic E-state index is 0.136. The van der Waals surface area contributed by atoms with Crippen LogP contribution in [0.1, 0.15) is 29.8 Å². The van der Waals surface area contributed by atoms with Crippen molar-refractivity contribution in [2.45, 2.75) is 26.3 Å². The Hall–Kier alpha value is -2.40. The van der Waals surface area contributed by atoms with E-state index >= 15 is 0 Å². The number of benzene rings is 1. The van der Waals surface area contributed by atoms with Crippen LogP contribution >= 0.6 is 11.6 Å². The molecule has 0 spiro atoms. The average Bonchev–Trinajstić information content (AvgIpc) is 2.56. The highest BCUT2D eigenvalue weighted by Gasteiger charge is 2.24. The predicted octanol–water partition coefficient (Wildman–Crippen LogP) is 3.01. The molecule has 0 aliphatic carbocycles. The number of carbonyl (C=O) groups is 2. The number of carbonyl (C=O) groups excluding carboxylic acids is 2. The van der Waals surface area contributed by atoms with E-state index in [0.717, 1.165) is 11.3 Å². The fourth-order valence-corrected chi connectivity index (χ4v) is 2.29. The first-order chi connectivity index (χ1) is 11.5. The Morgan fingerprint density at radius 2 is 1.92 bits per heavy atom. The van der Waals surface area contributed by atoms with Gasteiger partial charge in [-0.2, -0.15) is 0 Å². The molecule has 0 radical (unpaired) electrons. The molecule has 1 aromatic carbocycles. The summed E-state index contributed by atoms with van der Waals surface area (Å²) in [7, 11) is 0. The fraction of sp³-hybridized carbons (Fsp3) is 0.278. The Kier molecular flexibility index (Phi) is 6.32. The van der Waals surface area contributed by atoms with Gasteiger partial charge in [-0.25, -0.2) is 4.79 Å². The number of halogens is 1. The zero-order valence-corrected chi connectivity index (χ0v) is 14.3. The number of nitrogens with zero attached hydrogens (tertiary/aromatic N) is 1. The van der Waals surface area contributed by atoms with Crippen molar-refractivity contribution in [2.24, 2.45) is 0 Å². The van der Waals surface area contributed by atoms with E-state index in [1.807, 2.05) is 19.1 Å². The van der Waals surface area contributed by atoms with E-state index in [0.29, 0.717) is 10.6 Å². The summed E-state index contributed by atoms with van der Waals surface area (Å²) in [5.74, 6) is -0.788. The maximum atomic E-state index is 12.3. The van der Waals surface area contributed by atoms with Crippen molar-refractivity contribution in [1.29, 1.82) is 0 Å². The van der Waals surface area contributed by atoms with E-state index in [4.69, 9.17) is 16.3 Å². The first-order valence-electron chi connectivity index (χ1n) is 7.62. The van der Waals surface area contributed by atoms with Gasteiger partial charge >= 0.3 is 5.97 Å². The van der Waals surface area contributed by atoms with Crippen LogP contribution in [0, 0.1) is 6.92 Å². The summed E-state index contributed by atoms with van der Waals surface area (Å²) in [5.41, 5.74) is 2.27. The number of aromatic nitrogens is 1. The molecule has 24 heavy (non-hydrogen) atoms. The van der Waals surface area contributed by atoms with Gasteiger partial charge in [0.1, 0.15) is 0 Å². The molecule has 2 aromatic rings. The van der Waals surface area contributed by atoms with Crippen molar-refractivity contribution in [3.8, 4) is 0 Å². The normalized spacial score (nSPS) is 11.6. The zero-order chi connectivity index (χ0) is 17.5. The summed E-state index contributed by atoms with van der Waals surface area (Å²) < 4.78 is 5.06. The molecule has 1 aromatic heterocycles. The topological polar surface area (TPSA) is 68.3 Å². The van der Waals surface area contributed by atoms with E-state index < -0.39 is 12.0 Å². The molecule has 1 heterocycles. The summed E-state index contributed by atoms with van der Waals surface area (Å²) in [6.07, 6.45) is 1.79. The second-order valence-corrected chi connectivity index (χ2v) is 5.73. The van der Waals surface area contributed by atoms with Gasteiger partial charge in [0.25, 0.3) is 0 Å². The van der Waals surface area contributed by atoms with Gasteiger partial charge in [-0.1, -0.05) is 29.8 Å². The molecule has 1 atom stereocenters. The quantitative estimate of drug-likeness (QED) is 0.816. The third-order valence-electron chi connectivity index (χ3n) is 3.37. The van der Waals surface area contributed by atoms with Gasteiger partial charge in [0.05, 0.1) is 13.0 Å². The van der Waals surface area contributed by atoms with E-state index in [1.54, 1.807) is 37.4 Å². The number of ether oxygens (including phenoxy) is 1. The summed E-state index contributed by atoms with van der Waals surface area (Å²) >= 11 is 5.87. The standard InChI is InChI=1S/C18H19ClN2O3/c1-3-24-18(23)17(14-6-8-15(19)9-7-14)21-16(22)10-13-5-4-12(2)20-11-13/h4-9,11,17H,3,10H2,1-2H3,(H,21,22)/t17-/m1/s1. The fourth-order valence-electron chi connectivity index (χ4n) is 2.16. The summed E-state index contributed by atoms with van der Waals surface area (Å²) in [5, 5.41) is 3.27. The van der Waals surface area contributed by atoms with E-state index in [-0.39, 0.29) is 18.9 Å². The number of hydrogen-bond donors (Lipinski definition) is 1. The smallest absolute Gasteiger partial charge is 0.333 e. The third kappa shape index (κ3) is 5.06. The maximum absolute atomic E-state index is 12.3. The van der Waals surface area contributed by atoms with Crippen LogP contribution in [0.15, 0.2) is 42.6 Å². The van der Waals surface area contributed by atoms with E-state index in [1.165, 1.54) is 0 Å². The van der Waals surface area contributed by atoms with Crippen LogP contribution in [0.2, 0.25) is 5.02 Å². The molecule has 0 aliphatic heterocycles. The number of hydrogen-bond acceptors (Lipinski definition) is 4. The highest BCUT2D eigenvalue weighted by Crippen LogP contribution is 2.18. The maximum Gasteiger partial charge on any atom is 0.333 e. The molecule has 6 heteroatoms. The number of amides is 1. The van der Waals surface area contributed by atoms with Crippen LogP contribution in [0.3, 0.4) is 0 Å². The Bertz CT molecular complexity index is 699. The lowest BCUT2D eigenvalue weighted by Gasteiger charge is -2.18. The molecule has 0 bridgehead atoms. The van der Waals surface area contributed by atoms with Crippen molar-refractivity contribution >= 4 is 23.5 Å². The van der Waals surface area contributed by atoms with Gasteiger partial charge in [0.15, 0.2) is 6.04 Å². The minimum Gasteiger partial charge on any atom is -0.464 e. The molecule has 0 saturated heterocycles. The van der Waals surface area contributed by atoms with Crippen LogP contribution in [0.5, 0.6) is 0 Å². The molecule has 0 saturated carbocycles. The minimum atomic E-state index is -0.867. The zero-order valence-electron chi connectivity index (χ0n) is 13.6. The van der Waals surface area contributed by atoms with Gasteiger partial charge in [-0.05, 0) is 43.2 Å². The summed E-state index contributed by atoms with van der Waals surface area (Å²) in [6.45, 7) is 3.83. The van der Waals surface area contributed by atoms with Crippen LogP contribution in [-0.4, -0.2) is 23.5 Å². The molecule has 0 aliphatic rings. The van der Waals surface area contributed by atoms with Crippen molar-refractivity contribution in [1.82, 2.24) is 10.3 Å². The van der Waals surface area contributed by atoms with E-state index in [2.05, 4.69) is 10.3 Å². The first kappa shape index (κ1) is 17.9. The van der Waals surface area contributed by atoms with Gasteiger partial charge in [-0.3, -0.25) is 9.78 Å². The highest BCUT2D eigenvalue weighted by molar-refractivity contribution is 6.30. The monoisotopic (exact) mass is 346 g/mol. The van der Waals surface area contributed by atoms with Crippen LogP contribution < -0.4 is 5.32 Å². The second kappa shape index (κ2) is 8.45. The summed E-state index contributed by atoms with van der Waals surface area (Å²) in [6, 6.07) is 9.52. The second-order valence-electron chi connectivity index (χ2n) is 5.29. The van der Waals surface area contributed by atoms with Gasteiger partial charge in [0.2, 0.25) is 5.91 Å². The van der Waals surface area contributed by atoms with Crippen LogP contribution in [0.25, 0.3) is 0 Å². The number of rotatable bonds is 6. The molecule has 1 N–H and O–H groups in total. The Balaban J connectivity index is 2.12. The number of nitrogens with one attached hydrogen (secondary N) is 1. The lowest BCUT2D eigenvalue weighted by Crippen LogP contribution is -2.35. The average molecular weight is 347 g/mol. The van der Waals surface area contributed by atoms with E-state index in [9.17, 15) is 9.59 Å². The number of esters is 1. The Labute approximate surface area is 146 Å². The molecule has 0 fully saturated rings. The first-order valence-corrected chi connectivity index (χ1v) is 8.00. The molecular formula is C18H19ClN2O3. The number of aryl methyl sites for hydroxylation is 1. The highest BCUT2D eigenvalue weighted by atomic mass is 35.5. The van der Waals surface area contributed by atoms with Gasteiger partial charge in [-0.15, -0.1) is 0 Å². The summed E-state index contributed by atoms with van der Waals surface area (Å²) in [4.78, 5) is 28.6. The van der Waals surface area contributed by atoms with Gasteiger partial charge in [0, 0.05) is 16.9 Å². The molecule has 1 amide bonds. The number of pyridine rings is 1. The van der Waals surface area contributed by atoms with Gasteiger partial charge < -0.3 is 10.1 Å². The molecule has 126 valence electrons. The predicted molar refractivity (Wildman–Crippen MR) is 91.6 cm³/mol. The Morgan fingerprint density at radius 3 is 2.50 bits per heavy atom. The van der Waals surface area contributed by atoms with Crippen molar-refractivity contribution < 1.29 is 14.3 Å². The van der Waals surface area contributed by atoms with Crippen molar-refractivity contribution in [3.63, 3.8) is 0 Å². The molecule has 0 unspecified atom stereocenters. The molecule has 5 nitrogen and oxygen atoms in total. The van der Waals surface area contributed by atoms with Crippen LogP contribution in [-0.2, 0) is 20.7 Å². The molecular weight excluding hydrogens is 328 g/mol. The lowest BCUT2D eigenvalue weighted by molar-refractivity contribution is -0.147. The molecule has 2 rings (SSSR count). The Morgan fingerprint density at radius 1 is 1.21 bits per heavy atom. The third-order valence-corrected chi connectivity index (χ3v) is 3.62.